The Kier molecular flexibility index (Phi) is 3.09. The summed E-state index contributed by atoms with van der Waals surface area (Å²) in [5, 5.41) is 12.7. The molecule has 1 saturated carbocycles. The van der Waals surface area contributed by atoms with Gasteiger partial charge in [-0.1, -0.05) is 13.0 Å². The average molecular weight is 155 g/mol. The van der Waals surface area contributed by atoms with Crippen molar-refractivity contribution >= 4 is 0 Å². The third-order valence-electron chi connectivity index (χ3n) is 2.29. The first-order valence-electron chi connectivity index (χ1n) is 4.26. The lowest BCUT2D eigenvalue weighted by molar-refractivity contribution is 0.149. The summed E-state index contributed by atoms with van der Waals surface area (Å²) in [6, 6.07) is 0.294. The molecule has 2 heteroatoms. The molecule has 0 amide bonds. The molecule has 0 aliphatic heterocycles. The molecule has 11 heavy (non-hydrogen) atoms. The van der Waals surface area contributed by atoms with E-state index in [9.17, 15) is 5.11 Å². The minimum absolute atomic E-state index is 0.148. The second-order valence-electron chi connectivity index (χ2n) is 3.45. The van der Waals surface area contributed by atoms with Gasteiger partial charge in [-0.15, -0.1) is 6.58 Å². The summed E-state index contributed by atoms with van der Waals surface area (Å²) in [4.78, 5) is 0. The third-order valence-corrected chi connectivity index (χ3v) is 2.29. The van der Waals surface area contributed by atoms with Gasteiger partial charge in [-0.3, -0.25) is 0 Å². The highest BCUT2D eigenvalue weighted by molar-refractivity contribution is 4.88. The zero-order valence-electron chi connectivity index (χ0n) is 7.09. The summed E-state index contributed by atoms with van der Waals surface area (Å²) in [5.74, 6) is 0.660. The van der Waals surface area contributed by atoms with Gasteiger partial charge in [0.15, 0.2) is 0 Å². The van der Waals surface area contributed by atoms with Crippen molar-refractivity contribution in [3.63, 3.8) is 0 Å². The van der Waals surface area contributed by atoms with Crippen LogP contribution in [0.2, 0.25) is 0 Å². The summed E-state index contributed by atoms with van der Waals surface area (Å²) >= 11 is 0. The van der Waals surface area contributed by atoms with Gasteiger partial charge in [-0.2, -0.15) is 0 Å². The average Bonchev–Trinajstić information content (AvgIpc) is 2.26. The number of rotatable bonds is 3. The van der Waals surface area contributed by atoms with E-state index < -0.39 is 0 Å². The molecular formula is C9H17NO. The third kappa shape index (κ3) is 2.31. The zero-order chi connectivity index (χ0) is 8.27. The maximum Gasteiger partial charge on any atom is 0.0695 e. The number of aliphatic hydroxyl groups excluding tert-OH is 1. The fourth-order valence-electron chi connectivity index (χ4n) is 1.72. The molecule has 0 aromatic heterocycles. The van der Waals surface area contributed by atoms with Crippen LogP contribution in [-0.4, -0.2) is 23.8 Å². The van der Waals surface area contributed by atoms with E-state index in [2.05, 4.69) is 18.8 Å². The summed E-state index contributed by atoms with van der Waals surface area (Å²) < 4.78 is 0. The van der Waals surface area contributed by atoms with Crippen LogP contribution in [0, 0.1) is 5.92 Å². The molecule has 1 rings (SSSR count). The van der Waals surface area contributed by atoms with E-state index in [-0.39, 0.29) is 6.10 Å². The van der Waals surface area contributed by atoms with Crippen LogP contribution in [0.1, 0.15) is 19.8 Å². The lowest BCUT2D eigenvalue weighted by atomic mass is 10.1. The van der Waals surface area contributed by atoms with Gasteiger partial charge in [-0.05, 0) is 18.8 Å². The molecule has 0 radical (unpaired) electrons. The predicted octanol–water partition coefficient (Wildman–Crippen LogP) is 0.921. The van der Waals surface area contributed by atoms with E-state index in [1.807, 2.05) is 6.08 Å². The summed E-state index contributed by atoms with van der Waals surface area (Å²) in [7, 11) is 0. The quantitative estimate of drug-likeness (QED) is 0.594. The molecule has 0 heterocycles. The number of nitrogens with one attached hydrogen (secondary N) is 1. The molecular weight excluding hydrogens is 138 g/mol. The SMILES string of the molecule is C=CCN[C@@H]1C[C@H](C)C[C@H]1O. The molecule has 0 spiro atoms. The van der Waals surface area contributed by atoms with Crippen LogP contribution in [0.4, 0.5) is 0 Å². The maximum absolute atomic E-state index is 9.49. The van der Waals surface area contributed by atoms with Crippen molar-refractivity contribution in [2.24, 2.45) is 5.92 Å². The van der Waals surface area contributed by atoms with Gasteiger partial charge >= 0.3 is 0 Å². The van der Waals surface area contributed by atoms with E-state index in [0.29, 0.717) is 12.0 Å². The van der Waals surface area contributed by atoms with Crippen molar-refractivity contribution in [3.8, 4) is 0 Å². The lowest BCUT2D eigenvalue weighted by Gasteiger charge is -2.14. The highest BCUT2D eigenvalue weighted by Crippen LogP contribution is 2.24. The van der Waals surface area contributed by atoms with Crippen molar-refractivity contribution in [3.05, 3.63) is 12.7 Å². The molecule has 1 aliphatic carbocycles. The standard InChI is InChI=1S/C9H17NO/c1-3-4-10-8-5-7(2)6-9(8)11/h3,7-11H,1,4-6H2,2H3/t7-,8+,9+/m0/s1. The van der Waals surface area contributed by atoms with Crippen molar-refractivity contribution < 1.29 is 5.11 Å². The van der Waals surface area contributed by atoms with Gasteiger partial charge in [0, 0.05) is 12.6 Å². The molecule has 3 atom stereocenters. The largest absolute Gasteiger partial charge is 0.391 e. The Morgan fingerprint density at radius 1 is 1.64 bits per heavy atom. The smallest absolute Gasteiger partial charge is 0.0695 e. The fraction of sp³-hybridized carbons (Fsp3) is 0.778. The van der Waals surface area contributed by atoms with E-state index in [1.165, 1.54) is 0 Å². The topological polar surface area (TPSA) is 32.3 Å². The second-order valence-corrected chi connectivity index (χ2v) is 3.45. The molecule has 0 bridgehead atoms. The van der Waals surface area contributed by atoms with Crippen molar-refractivity contribution in [1.82, 2.24) is 5.32 Å². The van der Waals surface area contributed by atoms with Gasteiger partial charge in [0.25, 0.3) is 0 Å². The molecule has 0 unspecified atom stereocenters. The number of aliphatic hydroxyl groups is 1. The van der Waals surface area contributed by atoms with Crippen molar-refractivity contribution in [1.29, 1.82) is 0 Å². The van der Waals surface area contributed by atoms with Crippen molar-refractivity contribution in [2.75, 3.05) is 6.54 Å². The second kappa shape index (κ2) is 3.88. The molecule has 1 fully saturated rings. The first-order valence-corrected chi connectivity index (χ1v) is 4.26. The molecule has 0 aromatic rings. The Bertz CT molecular complexity index is 136. The van der Waals surface area contributed by atoms with E-state index in [4.69, 9.17) is 0 Å². The summed E-state index contributed by atoms with van der Waals surface area (Å²) in [5.41, 5.74) is 0. The van der Waals surface area contributed by atoms with Crippen LogP contribution in [0.5, 0.6) is 0 Å². The first kappa shape index (κ1) is 8.75. The van der Waals surface area contributed by atoms with E-state index in [1.54, 1.807) is 0 Å². The molecule has 2 N–H and O–H groups in total. The van der Waals surface area contributed by atoms with Crippen LogP contribution in [-0.2, 0) is 0 Å². The maximum atomic E-state index is 9.49. The van der Waals surface area contributed by atoms with Crippen molar-refractivity contribution in [2.45, 2.75) is 31.9 Å². The zero-order valence-corrected chi connectivity index (χ0v) is 7.09. The van der Waals surface area contributed by atoms with Gasteiger partial charge in [0.05, 0.1) is 6.10 Å². The lowest BCUT2D eigenvalue weighted by Crippen LogP contribution is -2.35. The van der Waals surface area contributed by atoms with Crippen LogP contribution in [0.25, 0.3) is 0 Å². The predicted molar refractivity (Wildman–Crippen MR) is 46.4 cm³/mol. The molecule has 0 saturated heterocycles. The minimum atomic E-state index is -0.148. The Hall–Kier alpha value is -0.340. The van der Waals surface area contributed by atoms with Crippen LogP contribution in [0.15, 0.2) is 12.7 Å². The Morgan fingerprint density at radius 2 is 2.36 bits per heavy atom. The summed E-state index contributed by atoms with van der Waals surface area (Å²) in [6.07, 6.45) is 3.71. The molecule has 1 aliphatic rings. The van der Waals surface area contributed by atoms with Crippen LogP contribution >= 0.6 is 0 Å². The Morgan fingerprint density at radius 3 is 2.82 bits per heavy atom. The molecule has 0 aromatic carbocycles. The van der Waals surface area contributed by atoms with Gasteiger partial charge in [0.1, 0.15) is 0 Å². The highest BCUT2D eigenvalue weighted by atomic mass is 16.3. The van der Waals surface area contributed by atoms with Crippen LogP contribution < -0.4 is 5.32 Å². The van der Waals surface area contributed by atoms with Gasteiger partial charge in [0.2, 0.25) is 0 Å². The van der Waals surface area contributed by atoms with Gasteiger partial charge in [-0.25, -0.2) is 0 Å². The number of hydrogen-bond acceptors (Lipinski definition) is 2. The van der Waals surface area contributed by atoms with E-state index >= 15 is 0 Å². The Labute approximate surface area is 68.3 Å². The number of hydrogen-bond donors (Lipinski definition) is 2. The fourth-order valence-corrected chi connectivity index (χ4v) is 1.72. The minimum Gasteiger partial charge on any atom is -0.391 e. The van der Waals surface area contributed by atoms with Crippen LogP contribution in [0.3, 0.4) is 0 Å². The molecule has 2 nitrogen and oxygen atoms in total. The molecule has 64 valence electrons. The summed E-state index contributed by atoms with van der Waals surface area (Å²) in [6.45, 7) is 6.60. The van der Waals surface area contributed by atoms with Gasteiger partial charge < -0.3 is 10.4 Å². The first-order chi connectivity index (χ1) is 5.24. The monoisotopic (exact) mass is 155 g/mol. The highest BCUT2D eigenvalue weighted by Gasteiger charge is 2.29. The Balaban J connectivity index is 2.28. The van der Waals surface area contributed by atoms with E-state index in [0.717, 1.165) is 19.4 Å². The normalized spacial score (nSPS) is 37.5.